The molecule has 0 aliphatic carbocycles. The fourth-order valence-electron chi connectivity index (χ4n) is 2.18. The molecule has 2 aromatic heterocycles. The van der Waals surface area contributed by atoms with Crippen molar-refractivity contribution in [1.29, 1.82) is 0 Å². The van der Waals surface area contributed by atoms with Crippen LogP contribution >= 0.6 is 27.3 Å². The summed E-state index contributed by atoms with van der Waals surface area (Å²) in [6, 6.07) is 8.86. The van der Waals surface area contributed by atoms with Crippen molar-refractivity contribution in [2.75, 3.05) is 6.54 Å². The predicted octanol–water partition coefficient (Wildman–Crippen LogP) is 4.09. The number of rotatable bonds is 5. The van der Waals surface area contributed by atoms with Crippen molar-refractivity contribution < 1.29 is 12.8 Å². The van der Waals surface area contributed by atoms with Crippen LogP contribution in [0.2, 0.25) is 0 Å². The van der Waals surface area contributed by atoms with Gasteiger partial charge in [0, 0.05) is 16.8 Å². The molecule has 0 aliphatic rings. The van der Waals surface area contributed by atoms with Crippen LogP contribution in [0.1, 0.15) is 10.4 Å². The van der Waals surface area contributed by atoms with Gasteiger partial charge in [-0.25, -0.2) is 13.1 Å². The lowest BCUT2D eigenvalue weighted by molar-refractivity contribution is 0.582. The normalized spacial score (nSPS) is 12.1. The zero-order valence-corrected chi connectivity index (χ0v) is 15.0. The van der Waals surface area contributed by atoms with E-state index < -0.39 is 10.0 Å². The Morgan fingerprint density at radius 2 is 2.09 bits per heavy atom. The van der Waals surface area contributed by atoms with E-state index in [0.29, 0.717) is 18.5 Å². The molecule has 3 rings (SSSR count). The van der Waals surface area contributed by atoms with Crippen LogP contribution in [0.15, 0.2) is 49.7 Å². The van der Waals surface area contributed by atoms with E-state index in [2.05, 4.69) is 20.7 Å². The molecule has 2 heterocycles. The van der Waals surface area contributed by atoms with Crippen molar-refractivity contribution in [2.24, 2.45) is 0 Å². The molecule has 0 spiro atoms. The molecule has 1 aromatic carbocycles. The van der Waals surface area contributed by atoms with Gasteiger partial charge in [-0.1, -0.05) is 0 Å². The maximum Gasteiger partial charge on any atom is 0.240 e. The van der Waals surface area contributed by atoms with Crippen molar-refractivity contribution in [1.82, 2.24) is 4.72 Å². The molecule has 0 saturated carbocycles. The van der Waals surface area contributed by atoms with E-state index in [9.17, 15) is 8.42 Å². The van der Waals surface area contributed by atoms with Crippen LogP contribution in [0.3, 0.4) is 0 Å². The number of hydrogen-bond acceptors (Lipinski definition) is 4. The molecule has 0 unspecified atom stereocenters. The molecule has 0 saturated heterocycles. The fourth-order valence-corrected chi connectivity index (χ4v) is 4.72. The van der Waals surface area contributed by atoms with Crippen LogP contribution in [0.5, 0.6) is 0 Å². The molecule has 1 N–H and O–H groups in total. The second-order valence-corrected chi connectivity index (χ2v) is 9.24. The highest BCUT2D eigenvalue weighted by Gasteiger charge is 2.15. The predicted molar refractivity (Wildman–Crippen MR) is 91.9 cm³/mol. The van der Waals surface area contributed by atoms with E-state index in [0.717, 1.165) is 19.6 Å². The highest BCUT2D eigenvalue weighted by atomic mass is 79.9. The first-order valence-corrected chi connectivity index (χ1v) is 9.77. The number of halogens is 1. The molecule has 0 atom stereocenters. The largest absolute Gasteiger partial charge is 0.464 e. The SMILES string of the molecule is Cc1coc2ccc(S(=O)(=O)NCCc3ccc(Br)s3)cc12. The van der Waals surface area contributed by atoms with Gasteiger partial charge < -0.3 is 4.42 Å². The Hall–Kier alpha value is -1.15. The molecule has 22 heavy (non-hydrogen) atoms. The molecule has 4 nitrogen and oxygen atoms in total. The maximum absolute atomic E-state index is 12.4. The van der Waals surface area contributed by atoms with Gasteiger partial charge in [0.25, 0.3) is 0 Å². The molecule has 3 aromatic rings. The lowest BCUT2D eigenvalue weighted by Crippen LogP contribution is -2.25. The minimum Gasteiger partial charge on any atom is -0.464 e. The van der Waals surface area contributed by atoms with Crippen LogP contribution < -0.4 is 4.72 Å². The van der Waals surface area contributed by atoms with Gasteiger partial charge in [-0.15, -0.1) is 11.3 Å². The topological polar surface area (TPSA) is 59.3 Å². The number of furan rings is 1. The van der Waals surface area contributed by atoms with Crippen molar-refractivity contribution >= 4 is 48.3 Å². The highest BCUT2D eigenvalue weighted by Crippen LogP contribution is 2.24. The summed E-state index contributed by atoms with van der Waals surface area (Å²) in [6.45, 7) is 2.27. The third-order valence-electron chi connectivity index (χ3n) is 3.34. The number of aryl methyl sites for hydroxylation is 1. The van der Waals surface area contributed by atoms with Crippen LogP contribution in [-0.4, -0.2) is 15.0 Å². The van der Waals surface area contributed by atoms with E-state index in [1.165, 1.54) is 0 Å². The average molecular weight is 400 g/mol. The van der Waals surface area contributed by atoms with Crippen molar-refractivity contribution in [3.63, 3.8) is 0 Å². The standard InChI is InChI=1S/C15H14BrNO3S2/c1-10-9-20-14-4-3-12(8-13(10)14)22(18,19)17-7-6-11-2-5-15(16)21-11/h2-5,8-9,17H,6-7H2,1H3. The minimum atomic E-state index is -3.51. The first-order valence-electron chi connectivity index (χ1n) is 6.67. The molecule has 0 amide bonds. The van der Waals surface area contributed by atoms with Gasteiger partial charge in [0.2, 0.25) is 10.0 Å². The van der Waals surface area contributed by atoms with Gasteiger partial charge in [0.05, 0.1) is 14.9 Å². The molecule has 0 radical (unpaired) electrons. The third-order valence-corrected chi connectivity index (χ3v) is 6.48. The van der Waals surface area contributed by atoms with Crippen molar-refractivity contribution in [3.05, 3.63) is 50.8 Å². The van der Waals surface area contributed by atoms with Gasteiger partial charge in [0.15, 0.2) is 0 Å². The first kappa shape index (κ1) is 15.7. The van der Waals surface area contributed by atoms with Gasteiger partial charge in [-0.3, -0.25) is 0 Å². The summed E-state index contributed by atoms with van der Waals surface area (Å²) >= 11 is 5.01. The Balaban J connectivity index is 1.74. The highest BCUT2D eigenvalue weighted by molar-refractivity contribution is 9.11. The van der Waals surface area contributed by atoms with Crippen LogP contribution in [-0.2, 0) is 16.4 Å². The monoisotopic (exact) mass is 399 g/mol. The number of hydrogen-bond donors (Lipinski definition) is 1. The zero-order chi connectivity index (χ0) is 15.7. The Bertz CT molecular complexity index is 912. The second-order valence-electron chi connectivity index (χ2n) is 4.93. The quantitative estimate of drug-likeness (QED) is 0.702. The van der Waals surface area contributed by atoms with Crippen LogP contribution in [0.4, 0.5) is 0 Å². The average Bonchev–Trinajstić information content (AvgIpc) is 3.05. The fraction of sp³-hybridized carbons (Fsp3) is 0.200. The lowest BCUT2D eigenvalue weighted by Gasteiger charge is -2.06. The smallest absolute Gasteiger partial charge is 0.240 e. The minimum absolute atomic E-state index is 0.261. The van der Waals surface area contributed by atoms with Gasteiger partial charge >= 0.3 is 0 Å². The third kappa shape index (κ3) is 3.27. The second kappa shape index (κ2) is 6.16. The Labute approximate surface area is 141 Å². The molecule has 116 valence electrons. The number of benzene rings is 1. The van der Waals surface area contributed by atoms with Crippen molar-refractivity contribution in [2.45, 2.75) is 18.2 Å². The van der Waals surface area contributed by atoms with Gasteiger partial charge in [-0.2, -0.15) is 0 Å². The first-order chi connectivity index (χ1) is 10.5. The summed E-state index contributed by atoms with van der Waals surface area (Å²) in [5.41, 5.74) is 1.62. The molecule has 7 heteroatoms. The van der Waals surface area contributed by atoms with Crippen molar-refractivity contribution in [3.8, 4) is 0 Å². The van der Waals surface area contributed by atoms with E-state index in [-0.39, 0.29) is 4.90 Å². The molecule has 0 bridgehead atoms. The van der Waals surface area contributed by atoms with Crippen LogP contribution in [0, 0.1) is 6.92 Å². The summed E-state index contributed by atoms with van der Waals surface area (Å²) in [7, 11) is -3.51. The van der Waals surface area contributed by atoms with Gasteiger partial charge in [0.1, 0.15) is 5.58 Å². The van der Waals surface area contributed by atoms with Gasteiger partial charge in [-0.05, 0) is 65.2 Å². The maximum atomic E-state index is 12.4. The summed E-state index contributed by atoms with van der Waals surface area (Å²) in [5.74, 6) is 0. The molecular weight excluding hydrogens is 386 g/mol. The Kier molecular flexibility index (Phi) is 4.40. The number of sulfonamides is 1. The lowest BCUT2D eigenvalue weighted by atomic mass is 10.2. The number of fused-ring (bicyclic) bond motifs is 1. The zero-order valence-electron chi connectivity index (χ0n) is 11.8. The summed E-state index contributed by atoms with van der Waals surface area (Å²) < 4.78 is 33.7. The van der Waals surface area contributed by atoms with E-state index in [1.54, 1.807) is 35.8 Å². The summed E-state index contributed by atoms with van der Waals surface area (Å²) in [4.78, 5) is 1.40. The summed E-state index contributed by atoms with van der Waals surface area (Å²) in [6.07, 6.45) is 2.30. The molecular formula is C15H14BrNO3S2. The number of thiophene rings is 1. The van der Waals surface area contributed by atoms with E-state index >= 15 is 0 Å². The summed E-state index contributed by atoms with van der Waals surface area (Å²) in [5, 5.41) is 0.824. The molecule has 0 aliphatic heterocycles. The Morgan fingerprint density at radius 3 is 2.82 bits per heavy atom. The Morgan fingerprint density at radius 1 is 1.27 bits per heavy atom. The number of nitrogens with one attached hydrogen (secondary N) is 1. The van der Waals surface area contributed by atoms with E-state index in [1.807, 2.05) is 19.1 Å². The van der Waals surface area contributed by atoms with Crippen LogP contribution in [0.25, 0.3) is 11.0 Å². The van der Waals surface area contributed by atoms with E-state index in [4.69, 9.17) is 4.42 Å². The molecule has 0 fully saturated rings.